The minimum atomic E-state index is -0.259. The first-order chi connectivity index (χ1) is 10.6. The Morgan fingerprint density at radius 3 is 2.82 bits per heavy atom. The summed E-state index contributed by atoms with van der Waals surface area (Å²) in [4.78, 5) is 28.5. The molecule has 1 aromatic rings. The number of ether oxygens (including phenoxy) is 1. The lowest BCUT2D eigenvalue weighted by Gasteiger charge is -2.32. The molecule has 0 N–H and O–H groups in total. The van der Waals surface area contributed by atoms with Gasteiger partial charge in [0.15, 0.2) is 0 Å². The molecule has 118 valence electrons. The zero-order chi connectivity index (χ0) is 15.7. The van der Waals surface area contributed by atoms with E-state index in [2.05, 4.69) is 15.9 Å². The monoisotopic (exact) mass is 366 g/mol. The summed E-state index contributed by atoms with van der Waals surface area (Å²) in [6.07, 6.45) is 0.348. The third-order valence-corrected chi connectivity index (χ3v) is 4.84. The highest BCUT2D eigenvalue weighted by molar-refractivity contribution is 9.10. The van der Waals surface area contributed by atoms with Gasteiger partial charge < -0.3 is 14.5 Å². The van der Waals surface area contributed by atoms with Crippen LogP contribution in [0.4, 0.5) is 5.69 Å². The molecule has 2 saturated heterocycles. The lowest BCUT2D eigenvalue weighted by atomic mass is 10.1. The maximum Gasteiger partial charge on any atom is 0.228 e. The van der Waals surface area contributed by atoms with E-state index in [1.54, 1.807) is 4.90 Å². The third kappa shape index (κ3) is 3.03. The summed E-state index contributed by atoms with van der Waals surface area (Å²) < 4.78 is 6.34. The highest BCUT2D eigenvalue weighted by Gasteiger charge is 2.38. The number of amides is 2. The Hall–Kier alpha value is -1.40. The van der Waals surface area contributed by atoms with Crippen LogP contribution in [-0.4, -0.2) is 49.1 Å². The molecule has 0 unspecified atom stereocenters. The molecule has 5 nitrogen and oxygen atoms in total. The van der Waals surface area contributed by atoms with Gasteiger partial charge in [-0.1, -0.05) is 12.1 Å². The molecular formula is C16H19BrN2O3. The van der Waals surface area contributed by atoms with Gasteiger partial charge in [-0.2, -0.15) is 0 Å². The zero-order valence-electron chi connectivity index (χ0n) is 12.5. The topological polar surface area (TPSA) is 49.9 Å². The van der Waals surface area contributed by atoms with Crippen molar-refractivity contribution >= 4 is 33.4 Å². The third-order valence-electron chi connectivity index (χ3n) is 4.17. The molecule has 6 heteroatoms. The molecule has 2 fully saturated rings. The second kappa shape index (κ2) is 6.38. The maximum atomic E-state index is 12.6. The molecule has 3 rings (SSSR count). The SMILES string of the molecule is C[C@H]1CN(C(=O)[C@@H]2CC(=O)N(c3ccccc3Br)C2)CCO1. The van der Waals surface area contributed by atoms with Gasteiger partial charge in [0.05, 0.1) is 24.3 Å². The van der Waals surface area contributed by atoms with Crippen LogP contribution < -0.4 is 4.90 Å². The molecule has 2 atom stereocenters. The van der Waals surface area contributed by atoms with Gasteiger partial charge in [0.1, 0.15) is 0 Å². The van der Waals surface area contributed by atoms with Gasteiger partial charge in [-0.3, -0.25) is 9.59 Å². The largest absolute Gasteiger partial charge is 0.375 e. The highest BCUT2D eigenvalue weighted by Crippen LogP contribution is 2.32. The van der Waals surface area contributed by atoms with Crippen LogP contribution in [0.15, 0.2) is 28.7 Å². The Balaban J connectivity index is 1.72. The van der Waals surface area contributed by atoms with Gasteiger partial charge >= 0.3 is 0 Å². The van der Waals surface area contributed by atoms with Crippen molar-refractivity contribution in [3.63, 3.8) is 0 Å². The first kappa shape index (κ1) is 15.5. The molecule has 1 aromatic carbocycles. The molecular weight excluding hydrogens is 348 g/mol. The molecule has 0 aromatic heterocycles. The summed E-state index contributed by atoms with van der Waals surface area (Å²) in [5.41, 5.74) is 0.832. The van der Waals surface area contributed by atoms with Crippen LogP contribution in [-0.2, 0) is 14.3 Å². The van der Waals surface area contributed by atoms with E-state index in [0.29, 0.717) is 26.2 Å². The molecule has 0 spiro atoms. The van der Waals surface area contributed by atoms with Crippen LogP contribution in [0.2, 0.25) is 0 Å². The van der Waals surface area contributed by atoms with Gasteiger partial charge in [0, 0.05) is 30.5 Å². The first-order valence-corrected chi connectivity index (χ1v) is 8.31. The van der Waals surface area contributed by atoms with E-state index < -0.39 is 0 Å². The van der Waals surface area contributed by atoms with Crippen molar-refractivity contribution in [2.75, 3.05) is 31.1 Å². The predicted octanol–water partition coefficient (Wildman–Crippen LogP) is 2.05. The lowest BCUT2D eigenvalue weighted by molar-refractivity contribution is -0.142. The van der Waals surface area contributed by atoms with E-state index >= 15 is 0 Å². The van der Waals surface area contributed by atoms with Crippen molar-refractivity contribution in [1.29, 1.82) is 0 Å². The first-order valence-electron chi connectivity index (χ1n) is 7.51. The minimum absolute atomic E-state index is 0.00607. The molecule has 2 amide bonds. The fourth-order valence-corrected chi connectivity index (χ4v) is 3.55. The lowest BCUT2D eigenvalue weighted by Crippen LogP contribution is -2.47. The number of carbonyl (C=O) groups is 2. The summed E-state index contributed by atoms with van der Waals surface area (Å²) in [7, 11) is 0. The van der Waals surface area contributed by atoms with Gasteiger partial charge in [0.2, 0.25) is 11.8 Å². The van der Waals surface area contributed by atoms with Gasteiger partial charge in [-0.05, 0) is 35.0 Å². The fraction of sp³-hybridized carbons (Fsp3) is 0.500. The van der Waals surface area contributed by atoms with Gasteiger partial charge in [-0.15, -0.1) is 0 Å². The number of morpholine rings is 1. The number of carbonyl (C=O) groups excluding carboxylic acids is 2. The van der Waals surface area contributed by atoms with Crippen LogP contribution in [0.25, 0.3) is 0 Å². The van der Waals surface area contributed by atoms with Crippen molar-refractivity contribution in [1.82, 2.24) is 4.90 Å². The van der Waals surface area contributed by atoms with Crippen molar-refractivity contribution in [3.8, 4) is 0 Å². The molecule has 0 radical (unpaired) electrons. The Bertz CT molecular complexity index is 593. The van der Waals surface area contributed by atoms with Crippen molar-refractivity contribution in [3.05, 3.63) is 28.7 Å². The number of halogens is 1. The highest BCUT2D eigenvalue weighted by atomic mass is 79.9. The number of anilines is 1. The number of rotatable bonds is 2. The summed E-state index contributed by atoms with van der Waals surface area (Å²) in [5, 5.41) is 0. The van der Waals surface area contributed by atoms with E-state index in [4.69, 9.17) is 4.74 Å². The smallest absolute Gasteiger partial charge is 0.228 e. The molecule has 0 bridgehead atoms. The van der Waals surface area contributed by atoms with E-state index in [1.165, 1.54) is 0 Å². The summed E-state index contributed by atoms with van der Waals surface area (Å²) in [6.45, 7) is 4.21. The minimum Gasteiger partial charge on any atom is -0.375 e. The van der Waals surface area contributed by atoms with Crippen LogP contribution in [0, 0.1) is 5.92 Å². The van der Waals surface area contributed by atoms with Gasteiger partial charge in [0.25, 0.3) is 0 Å². The van der Waals surface area contributed by atoms with Crippen molar-refractivity contribution < 1.29 is 14.3 Å². The number of hydrogen-bond acceptors (Lipinski definition) is 3. The average molecular weight is 367 g/mol. The normalized spacial score (nSPS) is 25.6. The second-order valence-corrected chi connectivity index (χ2v) is 6.68. The van der Waals surface area contributed by atoms with E-state index in [9.17, 15) is 9.59 Å². The molecule has 0 saturated carbocycles. The van der Waals surface area contributed by atoms with E-state index in [1.807, 2.05) is 36.1 Å². The van der Waals surface area contributed by atoms with Crippen LogP contribution in [0.1, 0.15) is 13.3 Å². The average Bonchev–Trinajstić information content (AvgIpc) is 2.89. The Morgan fingerprint density at radius 1 is 1.32 bits per heavy atom. The van der Waals surface area contributed by atoms with Gasteiger partial charge in [-0.25, -0.2) is 0 Å². The number of hydrogen-bond donors (Lipinski definition) is 0. The molecule has 2 aliphatic rings. The number of nitrogens with zero attached hydrogens (tertiary/aromatic N) is 2. The predicted molar refractivity (Wildman–Crippen MR) is 86.6 cm³/mol. The molecule has 2 heterocycles. The van der Waals surface area contributed by atoms with E-state index in [-0.39, 0.29) is 30.3 Å². The fourth-order valence-electron chi connectivity index (χ4n) is 3.05. The Labute approximate surface area is 138 Å². The summed E-state index contributed by atoms with van der Waals surface area (Å²) >= 11 is 3.47. The summed E-state index contributed by atoms with van der Waals surface area (Å²) in [5.74, 6) is -0.186. The van der Waals surface area contributed by atoms with Crippen molar-refractivity contribution in [2.24, 2.45) is 5.92 Å². The summed E-state index contributed by atoms with van der Waals surface area (Å²) in [6, 6.07) is 7.60. The molecule has 22 heavy (non-hydrogen) atoms. The Kier molecular flexibility index (Phi) is 4.49. The second-order valence-electron chi connectivity index (χ2n) is 5.82. The van der Waals surface area contributed by atoms with Crippen molar-refractivity contribution in [2.45, 2.75) is 19.4 Å². The van der Waals surface area contributed by atoms with Crippen LogP contribution in [0.5, 0.6) is 0 Å². The number of para-hydroxylation sites is 1. The van der Waals surface area contributed by atoms with E-state index in [0.717, 1.165) is 10.2 Å². The zero-order valence-corrected chi connectivity index (χ0v) is 14.1. The molecule has 0 aliphatic carbocycles. The van der Waals surface area contributed by atoms with Crippen LogP contribution >= 0.6 is 15.9 Å². The Morgan fingerprint density at radius 2 is 2.09 bits per heavy atom. The standard InChI is InChI=1S/C16H19BrN2O3/c1-11-9-18(6-7-22-11)16(21)12-8-15(20)19(10-12)14-5-3-2-4-13(14)17/h2-5,11-12H,6-10H2,1H3/t11-,12+/m0/s1. The number of benzene rings is 1. The maximum absolute atomic E-state index is 12.6. The quantitative estimate of drug-likeness (QED) is 0.804. The van der Waals surface area contributed by atoms with Crippen LogP contribution in [0.3, 0.4) is 0 Å². The molecule has 2 aliphatic heterocycles.